The molecule has 1 heterocycles. The van der Waals surface area contributed by atoms with E-state index < -0.39 is 0 Å². The maximum Gasteiger partial charge on any atom is 0.320 e. The number of hydrogen-bond donors (Lipinski definition) is 1. The number of ether oxygens (including phenoxy) is 1. The van der Waals surface area contributed by atoms with Gasteiger partial charge in [-0.05, 0) is 0 Å². The molecule has 0 fully saturated rings. The number of rotatable bonds is 6. The van der Waals surface area contributed by atoms with Crippen LogP contribution < -0.4 is 5.32 Å². The zero-order valence-electron chi connectivity index (χ0n) is 8.52. The first kappa shape index (κ1) is 12.2. The Bertz CT molecular complexity index is 290. The number of carbonyl (C=O) groups excluding carboxylic acids is 1. The lowest BCUT2D eigenvalue weighted by atomic mass is 10.4. The molecule has 0 saturated carbocycles. The first-order valence-electron chi connectivity index (χ1n) is 4.62. The Morgan fingerprint density at radius 3 is 3.13 bits per heavy atom. The summed E-state index contributed by atoms with van der Waals surface area (Å²) in [4.78, 5) is 14.7. The van der Waals surface area contributed by atoms with Gasteiger partial charge in [-0.3, -0.25) is 4.79 Å². The molecule has 0 saturated heterocycles. The highest BCUT2D eigenvalue weighted by atomic mass is 79.9. The molecule has 1 N–H and O–H groups in total. The molecular formula is C9H14BrN3O2. The summed E-state index contributed by atoms with van der Waals surface area (Å²) in [6.07, 6.45) is 5.39. The standard InChI is InChI=1S/C9H14BrN3O2/c1-15-9(14)8(10)6-11-2-4-13-5-3-12-7-13/h3,5,7-8,11H,2,4,6H2,1H3. The zero-order valence-corrected chi connectivity index (χ0v) is 10.1. The van der Waals surface area contributed by atoms with E-state index in [9.17, 15) is 4.79 Å². The number of halogens is 1. The summed E-state index contributed by atoms with van der Waals surface area (Å²) in [5.74, 6) is -0.259. The highest BCUT2D eigenvalue weighted by Crippen LogP contribution is 1.99. The van der Waals surface area contributed by atoms with E-state index in [2.05, 4.69) is 31.0 Å². The summed E-state index contributed by atoms with van der Waals surface area (Å²) in [5.41, 5.74) is 0. The maximum absolute atomic E-state index is 11.0. The van der Waals surface area contributed by atoms with Crippen LogP contribution in [0, 0.1) is 0 Å². The number of imidazole rings is 1. The van der Waals surface area contributed by atoms with Crippen molar-refractivity contribution < 1.29 is 9.53 Å². The predicted octanol–water partition coefficient (Wildman–Crippen LogP) is 0.409. The van der Waals surface area contributed by atoms with Crippen LogP contribution in [0.3, 0.4) is 0 Å². The average molecular weight is 276 g/mol. The minimum absolute atomic E-state index is 0.259. The minimum atomic E-state index is -0.287. The third-order valence-electron chi connectivity index (χ3n) is 1.89. The fraction of sp³-hybridized carbons (Fsp3) is 0.556. The second-order valence-electron chi connectivity index (χ2n) is 3.00. The topological polar surface area (TPSA) is 56.1 Å². The molecule has 0 aromatic carbocycles. The van der Waals surface area contributed by atoms with Crippen LogP contribution in [-0.4, -0.2) is 40.5 Å². The van der Waals surface area contributed by atoms with Crippen molar-refractivity contribution >= 4 is 21.9 Å². The number of alkyl halides is 1. The minimum Gasteiger partial charge on any atom is -0.468 e. The Morgan fingerprint density at radius 2 is 2.53 bits per heavy atom. The maximum atomic E-state index is 11.0. The van der Waals surface area contributed by atoms with Crippen molar-refractivity contribution in [2.75, 3.05) is 20.2 Å². The van der Waals surface area contributed by atoms with Crippen LogP contribution in [0.1, 0.15) is 0 Å². The molecule has 0 aliphatic rings. The van der Waals surface area contributed by atoms with Gasteiger partial charge in [0.1, 0.15) is 4.83 Å². The Morgan fingerprint density at radius 1 is 1.73 bits per heavy atom. The van der Waals surface area contributed by atoms with E-state index in [1.54, 1.807) is 12.5 Å². The van der Waals surface area contributed by atoms with E-state index in [0.717, 1.165) is 13.1 Å². The second-order valence-corrected chi connectivity index (χ2v) is 4.10. The molecule has 6 heteroatoms. The number of aromatic nitrogens is 2. The third-order valence-corrected chi connectivity index (χ3v) is 2.58. The van der Waals surface area contributed by atoms with Gasteiger partial charge < -0.3 is 14.6 Å². The smallest absolute Gasteiger partial charge is 0.320 e. The molecule has 1 unspecified atom stereocenters. The Labute approximate surface area is 97.0 Å². The third kappa shape index (κ3) is 4.44. The van der Waals surface area contributed by atoms with Crippen LogP contribution in [0.2, 0.25) is 0 Å². The predicted molar refractivity (Wildman–Crippen MR) is 59.8 cm³/mol. The van der Waals surface area contributed by atoms with E-state index in [1.165, 1.54) is 7.11 Å². The zero-order chi connectivity index (χ0) is 11.1. The lowest BCUT2D eigenvalue weighted by molar-refractivity contribution is -0.139. The summed E-state index contributed by atoms with van der Waals surface area (Å²) in [6.45, 7) is 2.18. The van der Waals surface area contributed by atoms with Crippen molar-refractivity contribution in [2.45, 2.75) is 11.4 Å². The molecule has 0 aliphatic carbocycles. The van der Waals surface area contributed by atoms with Crippen LogP contribution >= 0.6 is 15.9 Å². The second kappa shape index (κ2) is 6.58. The summed E-state index contributed by atoms with van der Waals surface area (Å²) in [5, 5.41) is 3.14. The van der Waals surface area contributed by atoms with Gasteiger partial charge in [-0.2, -0.15) is 0 Å². The van der Waals surface area contributed by atoms with Crippen molar-refractivity contribution in [3.8, 4) is 0 Å². The van der Waals surface area contributed by atoms with E-state index in [4.69, 9.17) is 0 Å². The van der Waals surface area contributed by atoms with Gasteiger partial charge in [-0.25, -0.2) is 4.98 Å². The molecule has 1 aromatic rings. The Kier molecular flexibility index (Phi) is 5.34. The van der Waals surface area contributed by atoms with Gasteiger partial charge in [0.2, 0.25) is 0 Å². The molecule has 1 rings (SSSR count). The van der Waals surface area contributed by atoms with E-state index >= 15 is 0 Å². The first-order chi connectivity index (χ1) is 7.24. The van der Waals surface area contributed by atoms with Crippen molar-refractivity contribution in [3.63, 3.8) is 0 Å². The number of nitrogens with zero attached hydrogens (tertiary/aromatic N) is 2. The molecule has 0 bridgehead atoms. The van der Waals surface area contributed by atoms with Crippen LogP contribution in [0.4, 0.5) is 0 Å². The molecule has 1 aromatic heterocycles. The fourth-order valence-corrected chi connectivity index (χ4v) is 1.48. The monoisotopic (exact) mass is 275 g/mol. The number of carbonyl (C=O) groups is 1. The van der Waals surface area contributed by atoms with Gasteiger partial charge >= 0.3 is 5.97 Å². The van der Waals surface area contributed by atoms with Crippen molar-refractivity contribution in [2.24, 2.45) is 0 Å². The van der Waals surface area contributed by atoms with Gasteiger partial charge in [-0.15, -0.1) is 0 Å². The van der Waals surface area contributed by atoms with E-state index in [0.29, 0.717) is 6.54 Å². The van der Waals surface area contributed by atoms with Gasteiger partial charge in [0, 0.05) is 32.0 Å². The lowest BCUT2D eigenvalue weighted by Gasteiger charge is -2.09. The van der Waals surface area contributed by atoms with Gasteiger partial charge in [0.05, 0.1) is 13.4 Å². The SMILES string of the molecule is COC(=O)C(Br)CNCCn1ccnc1. The summed E-state index contributed by atoms with van der Waals surface area (Å²) < 4.78 is 6.54. The van der Waals surface area contributed by atoms with Gasteiger partial charge in [0.25, 0.3) is 0 Å². The molecule has 0 aliphatic heterocycles. The normalized spacial score (nSPS) is 12.4. The molecule has 15 heavy (non-hydrogen) atoms. The first-order valence-corrected chi connectivity index (χ1v) is 5.54. The molecular weight excluding hydrogens is 262 g/mol. The van der Waals surface area contributed by atoms with Crippen LogP contribution in [0.25, 0.3) is 0 Å². The van der Waals surface area contributed by atoms with Gasteiger partial charge in [-0.1, -0.05) is 15.9 Å². The number of methoxy groups -OCH3 is 1. The van der Waals surface area contributed by atoms with Crippen LogP contribution in [0.15, 0.2) is 18.7 Å². The highest BCUT2D eigenvalue weighted by Gasteiger charge is 2.13. The molecule has 0 amide bonds. The van der Waals surface area contributed by atoms with E-state index in [1.807, 2.05) is 10.8 Å². The van der Waals surface area contributed by atoms with Crippen molar-refractivity contribution in [3.05, 3.63) is 18.7 Å². The molecule has 1 atom stereocenters. The number of hydrogen-bond acceptors (Lipinski definition) is 4. The van der Waals surface area contributed by atoms with Crippen LogP contribution in [-0.2, 0) is 16.1 Å². The number of nitrogens with one attached hydrogen (secondary N) is 1. The fourth-order valence-electron chi connectivity index (χ4n) is 1.07. The summed E-state index contributed by atoms with van der Waals surface area (Å²) in [6, 6.07) is 0. The molecule has 5 nitrogen and oxygen atoms in total. The molecule has 0 spiro atoms. The quantitative estimate of drug-likeness (QED) is 0.464. The Hall–Kier alpha value is -0.880. The molecule has 84 valence electrons. The average Bonchev–Trinajstić information content (AvgIpc) is 2.75. The van der Waals surface area contributed by atoms with E-state index in [-0.39, 0.29) is 10.8 Å². The summed E-state index contributed by atoms with van der Waals surface area (Å²) in [7, 11) is 1.38. The Balaban J connectivity index is 2.09. The number of esters is 1. The summed E-state index contributed by atoms with van der Waals surface area (Å²) >= 11 is 3.23. The largest absolute Gasteiger partial charge is 0.468 e. The van der Waals surface area contributed by atoms with Crippen molar-refractivity contribution in [1.82, 2.24) is 14.9 Å². The molecule has 0 radical (unpaired) electrons. The van der Waals surface area contributed by atoms with Gasteiger partial charge in [0.15, 0.2) is 0 Å². The van der Waals surface area contributed by atoms with Crippen LogP contribution in [0.5, 0.6) is 0 Å². The lowest BCUT2D eigenvalue weighted by Crippen LogP contribution is -2.31. The van der Waals surface area contributed by atoms with Crippen molar-refractivity contribution in [1.29, 1.82) is 0 Å². The highest BCUT2D eigenvalue weighted by molar-refractivity contribution is 9.10.